The minimum atomic E-state index is -1.04. The standard InChI is InChI=1S/C31H45N7O14/c1-46-13-14-51-24(40)9-11-35-28(42)32-29(43)36(30(35)44)12-10-25(41)52-21-50-20-38-26-27(37(19-48-3)31(38)45)34(16-33(26)17-47-2)18-49-15-23(39)22-7-5-4-6-8-22/h4-8,23,26-27,39H,9-21H2,1-3H3,(H,32,42,43). The fraction of sp³-hybridized carbons (Fsp3) is 0.613. The van der Waals surface area contributed by atoms with Crippen molar-refractivity contribution in [2.45, 2.75) is 44.4 Å². The highest BCUT2D eigenvalue weighted by Gasteiger charge is 2.55. The molecule has 288 valence electrons. The third-order valence-electron chi connectivity index (χ3n) is 8.12. The minimum absolute atomic E-state index is 0.00371. The molecule has 2 aliphatic heterocycles. The van der Waals surface area contributed by atoms with E-state index in [4.69, 9.17) is 33.2 Å². The summed E-state index contributed by atoms with van der Waals surface area (Å²) in [6.07, 6.45) is -2.70. The number of methoxy groups -OCH3 is 3. The van der Waals surface area contributed by atoms with Crippen LogP contribution in [0.1, 0.15) is 24.5 Å². The molecule has 0 bridgehead atoms. The third-order valence-corrected chi connectivity index (χ3v) is 8.12. The molecule has 1 aromatic heterocycles. The van der Waals surface area contributed by atoms with Gasteiger partial charge < -0.3 is 38.3 Å². The van der Waals surface area contributed by atoms with Crippen molar-refractivity contribution in [3.05, 3.63) is 67.3 Å². The number of aliphatic hydroxyl groups is 1. The molecule has 2 fully saturated rings. The Balaban J connectivity index is 1.30. The molecule has 2 aromatic rings. The first-order valence-corrected chi connectivity index (χ1v) is 16.3. The average Bonchev–Trinajstić information content (AvgIpc) is 3.60. The number of carbonyl (C=O) groups is 3. The number of fused-ring (bicyclic) bond motifs is 1. The van der Waals surface area contributed by atoms with Crippen LogP contribution in [0.3, 0.4) is 0 Å². The van der Waals surface area contributed by atoms with Crippen LogP contribution in [0.25, 0.3) is 0 Å². The first-order chi connectivity index (χ1) is 25.1. The molecule has 3 atom stereocenters. The van der Waals surface area contributed by atoms with Gasteiger partial charge in [0, 0.05) is 34.4 Å². The van der Waals surface area contributed by atoms with E-state index in [1.807, 2.05) is 33.0 Å². The van der Waals surface area contributed by atoms with Gasteiger partial charge in [-0.15, -0.1) is 0 Å². The molecule has 0 saturated carbocycles. The highest BCUT2D eigenvalue weighted by Crippen LogP contribution is 2.33. The average molecular weight is 740 g/mol. The van der Waals surface area contributed by atoms with Gasteiger partial charge in [-0.25, -0.2) is 38.1 Å². The number of hydrogen-bond donors (Lipinski definition) is 2. The Kier molecular flexibility index (Phi) is 15.5. The van der Waals surface area contributed by atoms with Crippen LogP contribution < -0.4 is 17.1 Å². The van der Waals surface area contributed by atoms with E-state index < -0.39 is 73.2 Å². The van der Waals surface area contributed by atoms with E-state index in [1.165, 1.54) is 31.1 Å². The van der Waals surface area contributed by atoms with Gasteiger partial charge >= 0.3 is 35.0 Å². The number of benzene rings is 1. The summed E-state index contributed by atoms with van der Waals surface area (Å²) < 4.78 is 38.2. The molecule has 1 aromatic carbocycles. The molecule has 0 radical (unpaired) electrons. The summed E-state index contributed by atoms with van der Waals surface area (Å²) in [5.41, 5.74) is -2.36. The summed E-state index contributed by atoms with van der Waals surface area (Å²) in [7, 11) is 4.41. The molecule has 4 rings (SSSR count). The summed E-state index contributed by atoms with van der Waals surface area (Å²) in [6, 6.07) is 8.67. The van der Waals surface area contributed by atoms with Crippen LogP contribution in [-0.4, -0.2) is 151 Å². The number of ether oxygens (including phenoxy) is 7. The molecule has 21 heteroatoms. The minimum Gasteiger partial charge on any atom is -0.463 e. The van der Waals surface area contributed by atoms with Crippen molar-refractivity contribution in [3.63, 3.8) is 0 Å². The molecular weight excluding hydrogens is 694 g/mol. The lowest BCUT2D eigenvalue weighted by Crippen LogP contribution is -2.49. The molecular formula is C31H45N7O14. The fourth-order valence-electron chi connectivity index (χ4n) is 5.71. The normalized spacial score (nSPS) is 18.2. The molecule has 2 saturated heterocycles. The van der Waals surface area contributed by atoms with Gasteiger partial charge in [0.2, 0.25) is 0 Å². The van der Waals surface area contributed by atoms with Gasteiger partial charge in [-0.1, -0.05) is 30.3 Å². The quantitative estimate of drug-likeness (QED) is 0.0758. The topological polar surface area (TPSA) is 226 Å². The second-order valence-corrected chi connectivity index (χ2v) is 11.6. The third kappa shape index (κ3) is 10.3. The van der Waals surface area contributed by atoms with Crippen molar-refractivity contribution >= 4 is 18.0 Å². The van der Waals surface area contributed by atoms with Crippen LogP contribution in [0.2, 0.25) is 0 Å². The van der Waals surface area contributed by atoms with Gasteiger partial charge in [0.05, 0.1) is 32.7 Å². The van der Waals surface area contributed by atoms with E-state index in [0.717, 1.165) is 0 Å². The van der Waals surface area contributed by atoms with Crippen molar-refractivity contribution in [2.24, 2.45) is 0 Å². The molecule has 21 nitrogen and oxygen atoms in total. The highest BCUT2D eigenvalue weighted by atomic mass is 16.7. The van der Waals surface area contributed by atoms with Crippen molar-refractivity contribution in [1.29, 1.82) is 0 Å². The van der Waals surface area contributed by atoms with E-state index in [-0.39, 0.29) is 59.7 Å². The molecule has 0 spiro atoms. The number of nitrogens with one attached hydrogen (secondary N) is 1. The summed E-state index contributed by atoms with van der Waals surface area (Å²) in [5, 5.41) is 10.5. The molecule has 0 aliphatic carbocycles. The van der Waals surface area contributed by atoms with Gasteiger partial charge in [-0.05, 0) is 5.56 Å². The second kappa shape index (κ2) is 19.9. The number of nitrogens with zero attached hydrogens (tertiary/aromatic N) is 6. The van der Waals surface area contributed by atoms with E-state index in [9.17, 15) is 33.9 Å². The summed E-state index contributed by atoms with van der Waals surface area (Å²) in [5.74, 6) is -1.51. The first-order valence-electron chi connectivity index (χ1n) is 16.3. The number of H-pyrrole nitrogens is 1. The van der Waals surface area contributed by atoms with Gasteiger partial charge in [-0.3, -0.25) is 24.4 Å². The largest absolute Gasteiger partial charge is 0.463 e. The number of aromatic nitrogens is 3. The molecule has 3 unspecified atom stereocenters. The summed E-state index contributed by atoms with van der Waals surface area (Å²) >= 11 is 0. The number of aromatic amines is 1. The van der Waals surface area contributed by atoms with Gasteiger partial charge in [-0.2, -0.15) is 0 Å². The Labute approximate surface area is 297 Å². The van der Waals surface area contributed by atoms with Gasteiger partial charge in [0.1, 0.15) is 52.0 Å². The Morgan fingerprint density at radius 2 is 1.37 bits per heavy atom. The Hall–Kier alpha value is -4.48. The van der Waals surface area contributed by atoms with Crippen LogP contribution in [0.15, 0.2) is 44.7 Å². The first kappa shape index (κ1) is 40.3. The lowest BCUT2D eigenvalue weighted by molar-refractivity contribution is -0.160. The van der Waals surface area contributed by atoms with Crippen molar-refractivity contribution < 1.29 is 52.6 Å². The predicted octanol–water partition coefficient (Wildman–Crippen LogP) is -1.98. The number of aliphatic hydroxyl groups excluding tert-OH is 1. The fourth-order valence-corrected chi connectivity index (χ4v) is 5.71. The number of hydrogen-bond acceptors (Lipinski definition) is 16. The van der Waals surface area contributed by atoms with Gasteiger partial charge in [0.25, 0.3) is 0 Å². The Bertz CT molecular complexity index is 1650. The van der Waals surface area contributed by atoms with Crippen LogP contribution in [0.4, 0.5) is 4.79 Å². The number of amides is 2. The SMILES string of the molecule is COCCOC(=O)CCn1c(=O)[nH]c(=O)n(CCC(=O)OCOCN2C(=O)N(COC)C3C2N(COC)CN3COCC(O)c2ccccc2)c1=O. The highest BCUT2D eigenvalue weighted by molar-refractivity contribution is 5.77. The number of rotatable bonds is 22. The Morgan fingerprint density at radius 1 is 0.769 bits per heavy atom. The lowest BCUT2D eigenvalue weighted by Gasteiger charge is -2.29. The van der Waals surface area contributed by atoms with Gasteiger partial charge in [0.15, 0.2) is 6.79 Å². The predicted molar refractivity (Wildman–Crippen MR) is 176 cm³/mol. The molecule has 2 aliphatic rings. The molecule has 52 heavy (non-hydrogen) atoms. The van der Waals surface area contributed by atoms with E-state index in [0.29, 0.717) is 21.4 Å². The number of esters is 2. The van der Waals surface area contributed by atoms with E-state index in [1.54, 1.807) is 12.1 Å². The number of carbonyl (C=O) groups excluding carboxylic acids is 3. The summed E-state index contributed by atoms with van der Waals surface area (Å²) in [6.45, 7) is -0.902. The molecule has 3 heterocycles. The van der Waals surface area contributed by atoms with E-state index in [2.05, 4.69) is 0 Å². The van der Waals surface area contributed by atoms with Crippen LogP contribution in [-0.2, 0) is 55.8 Å². The zero-order chi connectivity index (χ0) is 37.6. The summed E-state index contributed by atoms with van der Waals surface area (Å²) in [4.78, 5) is 83.9. The molecule has 2 amide bonds. The van der Waals surface area contributed by atoms with Crippen LogP contribution in [0.5, 0.6) is 0 Å². The Morgan fingerprint density at radius 3 is 1.98 bits per heavy atom. The zero-order valence-corrected chi connectivity index (χ0v) is 29.2. The monoisotopic (exact) mass is 739 g/mol. The van der Waals surface area contributed by atoms with Crippen LogP contribution in [0, 0.1) is 0 Å². The number of urea groups is 1. The van der Waals surface area contributed by atoms with Crippen molar-refractivity contribution in [2.75, 3.05) is 81.5 Å². The second-order valence-electron chi connectivity index (χ2n) is 11.6. The molecule has 2 N–H and O–H groups in total. The maximum atomic E-state index is 13.5. The lowest BCUT2D eigenvalue weighted by atomic mass is 10.1. The smallest absolute Gasteiger partial charge is 0.336 e. The maximum absolute atomic E-state index is 13.5. The van der Waals surface area contributed by atoms with E-state index >= 15 is 0 Å². The van der Waals surface area contributed by atoms with Crippen LogP contribution >= 0.6 is 0 Å². The zero-order valence-electron chi connectivity index (χ0n) is 29.2. The van der Waals surface area contributed by atoms with Crippen molar-refractivity contribution in [3.8, 4) is 0 Å². The maximum Gasteiger partial charge on any atom is 0.336 e. The van der Waals surface area contributed by atoms with Crippen molar-refractivity contribution in [1.82, 2.24) is 33.7 Å².